The van der Waals surface area contributed by atoms with E-state index in [0.717, 1.165) is 11.8 Å². The number of thioether (sulfide) groups is 1. The van der Waals surface area contributed by atoms with Gasteiger partial charge in [0.25, 0.3) is 5.91 Å². The number of hydrogen-bond donors (Lipinski definition) is 3. The zero-order valence-corrected chi connectivity index (χ0v) is 15.6. The van der Waals surface area contributed by atoms with Crippen molar-refractivity contribution in [2.24, 2.45) is 0 Å². The molecule has 1 aromatic rings. The van der Waals surface area contributed by atoms with E-state index in [-0.39, 0.29) is 34.7 Å². The maximum absolute atomic E-state index is 12.5. The Morgan fingerprint density at radius 2 is 1.96 bits per heavy atom. The summed E-state index contributed by atoms with van der Waals surface area (Å²) in [5.74, 6) is -3.18. The summed E-state index contributed by atoms with van der Waals surface area (Å²) >= 11 is 1.31. The number of aliphatic hydroxyl groups excluding tert-OH is 1. The Morgan fingerprint density at radius 1 is 1.29 bits per heavy atom. The quantitative estimate of drug-likeness (QED) is 0.351. The number of carbonyl (C=O) groups excluding carboxylic acids is 3. The van der Waals surface area contributed by atoms with Crippen LogP contribution in [0.3, 0.4) is 0 Å². The first-order valence-corrected chi connectivity index (χ1v) is 9.45. The smallest absolute Gasteiger partial charge is 0.352 e. The summed E-state index contributed by atoms with van der Waals surface area (Å²) in [5, 5.41) is 21.9. The first-order chi connectivity index (χ1) is 13.3. The van der Waals surface area contributed by atoms with Crippen LogP contribution in [0.1, 0.15) is 25.0 Å². The van der Waals surface area contributed by atoms with Crippen molar-refractivity contribution in [1.82, 2.24) is 10.2 Å². The van der Waals surface area contributed by atoms with Crippen LogP contribution >= 0.6 is 11.8 Å². The predicted molar refractivity (Wildman–Crippen MR) is 97.5 cm³/mol. The molecule has 28 heavy (non-hydrogen) atoms. The molecule has 10 heteroatoms. The van der Waals surface area contributed by atoms with E-state index in [2.05, 4.69) is 5.32 Å². The number of carbonyl (C=O) groups is 4. The van der Waals surface area contributed by atoms with Crippen LogP contribution in [-0.4, -0.2) is 56.2 Å². The Morgan fingerprint density at radius 3 is 2.54 bits per heavy atom. The molecule has 2 heterocycles. The highest BCUT2D eigenvalue weighted by atomic mass is 32.2. The molecule has 2 amide bonds. The van der Waals surface area contributed by atoms with Gasteiger partial charge in [-0.1, -0.05) is 30.3 Å². The summed E-state index contributed by atoms with van der Waals surface area (Å²) in [4.78, 5) is 48.8. The lowest BCUT2D eigenvalue weighted by molar-refractivity contribution is -0.150. The molecule has 0 aromatic heterocycles. The summed E-state index contributed by atoms with van der Waals surface area (Å²) in [6, 6.07) is 8.11. The molecule has 0 bridgehead atoms. The van der Waals surface area contributed by atoms with Gasteiger partial charge in [0.15, 0.2) is 6.10 Å². The SMILES string of the molecule is CC(=O)OC(NC(=O)C(O)c1ccccc1)C1=C(C(=O)O)N2C(=O)C[C@H]2SC1. The Labute approximate surface area is 164 Å². The Hall–Kier alpha value is -2.85. The lowest BCUT2D eigenvalue weighted by Crippen LogP contribution is -2.56. The molecule has 148 valence electrons. The molecule has 0 radical (unpaired) electrons. The molecule has 1 fully saturated rings. The average Bonchev–Trinajstić information content (AvgIpc) is 2.65. The highest BCUT2D eigenvalue weighted by Gasteiger charge is 2.47. The van der Waals surface area contributed by atoms with Gasteiger partial charge in [-0.2, -0.15) is 0 Å². The van der Waals surface area contributed by atoms with Crippen LogP contribution in [0.25, 0.3) is 0 Å². The molecule has 2 aliphatic heterocycles. The van der Waals surface area contributed by atoms with Gasteiger partial charge in [0.2, 0.25) is 12.1 Å². The van der Waals surface area contributed by atoms with Crippen LogP contribution < -0.4 is 5.32 Å². The van der Waals surface area contributed by atoms with Crippen LogP contribution in [-0.2, 0) is 23.9 Å². The predicted octanol–water partition coefficient (Wildman–Crippen LogP) is 0.369. The van der Waals surface area contributed by atoms with Crippen molar-refractivity contribution in [2.75, 3.05) is 5.75 Å². The van der Waals surface area contributed by atoms with Crippen LogP contribution in [0, 0.1) is 0 Å². The molecule has 3 atom stereocenters. The molecule has 3 rings (SSSR count). The van der Waals surface area contributed by atoms with Crippen molar-refractivity contribution in [3.63, 3.8) is 0 Å². The summed E-state index contributed by atoms with van der Waals surface area (Å²) in [5.41, 5.74) is 0.0939. The van der Waals surface area contributed by atoms with Crippen LogP contribution in [0.4, 0.5) is 0 Å². The number of carboxylic acids is 1. The van der Waals surface area contributed by atoms with Crippen molar-refractivity contribution in [3.8, 4) is 0 Å². The minimum absolute atomic E-state index is 0.0746. The van der Waals surface area contributed by atoms with Crippen molar-refractivity contribution in [1.29, 1.82) is 0 Å². The van der Waals surface area contributed by atoms with Gasteiger partial charge in [-0.3, -0.25) is 19.3 Å². The number of aliphatic hydroxyl groups is 1. The number of nitrogens with zero attached hydrogens (tertiary/aromatic N) is 1. The second-order valence-corrected chi connectivity index (χ2v) is 7.39. The van der Waals surface area contributed by atoms with E-state index in [1.54, 1.807) is 30.3 Å². The number of ether oxygens (including phenoxy) is 1. The van der Waals surface area contributed by atoms with E-state index < -0.39 is 30.2 Å². The second-order valence-electron chi connectivity index (χ2n) is 6.22. The standard InChI is InChI=1S/C18H18N2O7S/c1-9(21)27-17(19-16(24)15(23)10-5-3-2-4-6-10)11-8-28-13-7-12(22)20(13)14(11)18(25)26/h2-6,13,15,17,23H,7-8H2,1H3,(H,19,24)(H,25,26)/t13-,15?,17?/m1/s1. The number of benzene rings is 1. The molecule has 9 nitrogen and oxygen atoms in total. The minimum atomic E-state index is -1.54. The van der Waals surface area contributed by atoms with Crippen LogP contribution in [0.2, 0.25) is 0 Å². The van der Waals surface area contributed by atoms with Crippen molar-refractivity contribution in [3.05, 3.63) is 47.2 Å². The number of rotatable bonds is 6. The van der Waals surface area contributed by atoms with Crippen molar-refractivity contribution < 1.29 is 34.1 Å². The number of carboxylic acid groups (broad SMARTS) is 1. The largest absolute Gasteiger partial charge is 0.477 e. The van der Waals surface area contributed by atoms with Gasteiger partial charge >= 0.3 is 11.9 Å². The number of nitrogens with one attached hydrogen (secondary N) is 1. The number of esters is 1. The van der Waals surface area contributed by atoms with Gasteiger partial charge in [-0.25, -0.2) is 4.79 Å². The maximum atomic E-state index is 12.5. The van der Waals surface area contributed by atoms with Crippen molar-refractivity contribution >= 4 is 35.5 Å². The summed E-state index contributed by atoms with van der Waals surface area (Å²) in [7, 11) is 0. The molecule has 3 N–H and O–H groups in total. The van der Waals surface area contributed by atoms with Gasteiger partial charge in [0.1, 0.15) is 5.70 Å². The van der Waals surface area contributed by atoms with E-state index in [0.29, 0.717) is 5.56 Å². The molecule has 1 saturated heterocycles. The lowest BCUT2D eigenvalue weighted by atomic mass is 10.1. The highest BCUT2D eigenvalue weighted by Crippen LogP contribution is 2.41. The lowest BCUT2D eigenvalue weighted by Gasteiger charge is -2.44. The van der Waals surface area contributed by atoms with Crippen molar-refractivity contribution in [2.45, 2.75) is 31.1 Å². The normalized spacial score (nSPS) is 20.6. The fourth-order valence-electron chi connectivity index (χ4n) is 2.99. The fourth-order valence-corrected chi connectivity index (χ4v) is 4.28. The minimum Gasteiger partial charge on any atom is -0.477 e. The van der Waals surface area contributed by atoms with Gasteiger partial charge in [0.05, 0.1) is 11.8 Å². The van der Waals surface area contributed by atoms with Crippen LogP contribution in [0.5, 0.6) is 0 Å². The Bertz CT molecular complexity index is 855. The third kappa shape index (κ3) is 3.87. The molecular formula is C18H18N2O7S. The molecule has 0 saturated carbocycles. The molecule has 2 aliphatic rings. The first kappa shape index (κ1) is 19.9. The molecule has 1 aromatic carbocycles. The zero-order valence-electron chi connectivity index (χ0n) is 14.8. The molecule has 2 unspecified atom stereocenters. The summed E-state index contributed by atoms with van der Waals surface area (Å²) in [6.45, 7) is 1.11. The van der Waals surface area contributed by atoms with E-state index in [4.69, 9.17) is 4.74 Å². The third-order valence-electron chi connectivity index (χ3n) is 4.32. The second kappa shape index (κ2) is 8.03. The maximum Gasteiger partial charge on any atom is 0.352 e. The van der Waals surface area contributed by atoms with Gasteiger partial charge in [-0.05, 0) is 5.56 Å². The van der Waals surface area contributed by atoms with Crippen LogP contribution in [0.15, 0.2) is 41.6 Å². The summed E-state index contributed by atoms with van der Waals surface area (Å²) < 4.78 is 5.12. The number of β-lactam (4-membered cyclic amide) rings is 1. The topological polar surface area (TPSA) is 133 Å². The number of amides is 2. The third-order valence-corrected chi connectivity index (χ3v) is 5.56. The van der Waals surface area contributed by atoms with Gasteiger partial charge in [0, 0.05) is 18.2 Å². The zero-order chi connectivity index (χ0) is 20.4. The van der Waals surface area contributed by atoms with E-state index in [1.807, 2.05) is 0 Å². The van der Waals surface area contributed by atoms with E-state index in [1.165, 1.54) is 11.8 Å². The van der Waals surface area contributed by atoms with E-state index in [9.17, 15) is 29.4 Å². The Balaban J connectivity index is 1.90. The number of fused-ring (bicyclic) bond motifs is 1. The Kier molecular flexibility index (Phi) is 5.71. The van der Waals surface area contributed by atoms with Gasteiger partial charge < -0.3 is 20.3 Å². The molecule has 0 spiro atoms. The monoisotopic (exact) mass is 406 g/mol. The fraction of sp³-hybridized carbons (Fsp3) is 0.333. The average molecular weight is 406 g/mol. The highest BCUT2D eigenvalue weighted by molar-refractivity contribution is 8.00. The summed E-state index contributed by atoms with van der Waals surface area (Å²) in [6.07, 6.45) is -2.73. The molecular weight excluding hydrogens is 388 g/mol. The number of aliphatic carboxylic acids is 1. The van der Waals surface area contributed by atoms with Gasteiger partial charge in [-0.15, -0.1) is 11.8 Å². The molecule has 0 aliphatic carbocycles. The number of hydrogen-bond acceptors (Lipinski definition) is 7. The first-order valence-electron chi connectivity index (χ1n) is 8.40. The van der Waals surface area contributed by atoms with E-state index >= 15 is 0 Å².